The second-order valence-corrected chi connectivity index (χ2v) is 12.8. The summed E-state index contributed by atoms with van der Waals surface area (Å²) in [5.41, 5.74) is 4.71. The predicted octanol–water partition coefficient (Wildman–Crippen LogP) is 6.46. The van der Waals surface area contributed by atoms with Crippen molar-refractivity contribution in [3.05, 3.63) is 58.3 Å². The topological polar surface area (TPSA) is 80.1 Å². The van der Waals surface area contributed by atoms with Gasteiger partial charge in [0.2, 0.25) is 5.91 Å². The van der Waals surface area contributed by atoms with Gasteiger partial charge in [0.1, 0.15) is 5.76 Å². The first kappa shape index (κ1) is 35.3. The molecular formula is C34H53N5O4S. The number of urea groups is 1. The second kappa shape index (κ2) is 14.8. The number of hydrogen-bond donors (Lipinski definition) is 0. The number of ether oxygens (including phenoxy) is 2. The largest absolute Gasteiger partial charge is 0.501 e. The quantitative estimate of drug-likeness (QED) is 0.231. The Labute approximate surface area is 269 Å². The number of rotatable bonds is 9. The molecule has 0 saturated carbocycles. The van der Waals surface area contributed by atoms with Crippen molar-refractivity contribution >= 4 is 23.7 Å². The van der Waals surface area contributed by atoms with Gasteiger partial charge >= 0.3 is 6.03 Å². The summed E-state index contributed by atoms with van der Waals surface area (Å²) < 4.78 is 13.0. The molecule has 3 aliphatic rings. The number of amides is 3. The number of aromatic nitrogens is 2. The Balaban J connectivity index is 0.00000259. The molecule has 0 bridgehead atoms. The Hall–Kier alpha value is -3.14. The molecule has 0 aliphatic carbocycles. The fourth-order valence-electron chi connectivity index (χ4n) is 6.83. The SMILES string of the molecule is C=C(OC)C1=C(/C=C(\C)OC)CN2C(=O)N(CC)C3(CCN(C(=O)C(C)Sc4c(CC)c(C)nn4C)CC3)C2=C[C@@H]1C.CC. The smallest absolute Gasteiger partial charge is 0.325 e. The van der Waals surface area contributed by atoms with Gasteiger partial charge in [0.05, 0.1) is 48.0 Å². The summed E-state index contributed by atoms with van der Waals surface area (Å²) in [6.07, 6.45) is 6.46. The van der Waals surface area contributed by atoms with Gasteiger partial charge in [-0.25, -0.2) is 4.79 Å². The zero-order valence-corrected chi connectivity index (χ0v) is 29.6. The Morgan fingerprint density at radius 1 is 1.23 bits per heavy atom. The van der Waals surface area contributed by atoms with Crippen molar-refractivity contribution in [2.24, 2.45) is 13.0 Å². The summed E-state index contributed by atoms with van der Waals surface area (Å²) in [5.74, 6) is 1.44. The summed E-state index contributed by atoms with van der Waals surface area (Å²) in [6.45, 7) is 22.6. The van der Waals surface area contributed by atoms with Gasteiger partial charge in [-0.1, -0.05) is 52.1 Å². The van der Waals surface area contributed by atoms with Crippen molar-refractivity contribution in [1.29, 1.82) is 0 Å². The lowest BCUT2D eigenvalue weighted by molar-refractivity contribution is -0.132. The van der Waals surface area contributed by atoms with E-state index in [0.29, 0.717) is 44.8 Å². The van der Waals surface area contributed by atoms with Crippen LogP contribution in [0.5, 0.6) is 0 Å². The maximum absolute atomic E-state index is 14.0. The third-order valence-electron chi connectivity index (χ3n) is 9.03. The van der Waals surface area contributed by atoms with Gasteiger partial charge in [0.25, 0.3) is 0 Å². The van der Waals surface area contributed by atoms with Crippen molar-refractivity contribution in [2.75, 3.05) is 40.4 Å². The number of aryl methyl sites for hydroxylation is 2. The van der Waals surface area contributed by atoms with Crippen LogP contribution in [0.15, 0.2) is 52.1 Å². The molecule has 1 aromatic rings. The third-order valence-corrected chi connectivity index (χ3v) is 10.3. The highest BCUT2D eigenvalue weighted by atomic mass is 32.2. The average Bonchev–Trinajstić information content (AvgIpc) is 3.33. The molecule has 1 unspecified atom stereocenters. The Morgan fingerprint density at radius 3 is 2.41 bits per heavy atom. The number of carbonyl (C=O) groups is 2. The first-order chi connectivity index (χ1) is 20.9. The van der Waals surface area contributed by atoms with E-state index in [4.69, 9.17) is 9.47 Å². The van der Waals surface area contributed by atoms with Gasteiger partial charge in [-0.2, -0.15) is 5.10 Å². The van der Waals surface area contributed by atoms with Crippen LogP contribution in [0.1, 0.15) is 72.6 Å². The lowest BCUT2D eigenvalue weighted by atomic mass is 9.81. The van der Waals surface area contributed by atoms with Crippen LogP contribution in [0.2, 0.25) is 0 Å². The maximum Gasteiger partial charge on any atom is 0.325 e. The standard InChI is InChI=1S/C32H47N5O4S.C2H6/c1-11-26-22(5)33-34(8)30(26)42-24(7)29(38)35-15-13-32(14-16-35)27-17-20(3)28(23(6)41-10)25(18-21(4)40-9)19-36(27)31(39)37(32)12-2;1-2/h17-18,20,24H,6,11-16,19H2,1-5,7-10H3;1-2H3/b21-18+;/t20-,24?;/m0./s1. The number of piperidine rings is 1. The van der Waals surface area contributed by atoms with Crippen molar-refractivity contribution in [1.82, 2.24) is 24.5 Å². The summed E-state index contributed by atoms with van der Waals surface area (Å²) >= 11 is 1.59. The van der Waals surface area contributed by atoms with Crippen molar-refractivity contribution < 1.29 is 19.1 Å². The molecule has 3 amide bonds. The third kappa shape index (κ3) is 6.46. The molecule has 3 aliphatic heterocycles. The van der Waals surface area contributed by atoms with E-state index in [1.54, 1.807) is 26.0 Å². The van der Waals surface area contributed by atoms with E-state index in [-0.39, 0.29) is 23.1 Å². The molecule has 0 aromatic carbocycles. The molecule has 2 atom stereocenters. The molecule has 0 N–H and O–H groups in total. The molecule has 1 aromatic heterocycles. The Bertz CT molecular complexity index is 1340. The molecule has 4 rings (SSSR count). The highest BCUT2D eigenvalue weighted by Gasteiger charge is 2.55. The second-order valence-electron chi connectivity index (χ2n) is 11.4. The molecular weight excluding hydrogens is 574 g/mol. The van der Waals surface area contributed by atoms with Crippen LogP contribution in [-0.2, 0) is 27.7 Å². The minimum atomic E-state index is -0.462. The zero-order valence-electron chi connectivity index (χ0n) is 28.7. The first-order valence-corrected chi connectivity index (χ1v) is 16.8. The fourth-order valence-corrected chi connectivity index (χ4v) is 8.04. The number of likely N-dealkylation sites (N-methyl/N-ethyl adjacent to an activating group) is 1. The van der Waals surface area contributed by atoms with Crippen LogP contribution in [0, 0.1) is 12.8 Å². The van der Waals surface area contributed by atoms with Gasteiger partial charge in [-0.3, -0.25) is 14.4 Å². The zero-order chi connectivity index (χ0) is 32.9. The normalized spacial score (nSPS) is 20.6. The number of likely N-dealkylation sites (tertiary alicyclic amines) is 1. The molecule has 44 heavy (non-hydrogen) atoms. The van der Waals surface area contributed by atoms with Gasteiger partial charge in [-0.05, 0) is 58.6 Å². The van der Waals surface area contributed by atoms with Crippen LogP contribution < -0.4 is 0 Å². The van der Waals surface area contributed by atoms with Crippen LogP contribution in [-0.4, -0.2) is 87.6 Å². The van der Waals surface area contributed by atoms with E-state index in [1.165, 1.54) is 5.56 Å². The van der Waals surface area contributed by atoms with Gasteiger partial charge in [-0.15, -0.1) is 0 Å². The molecule has 2 saturated heterocycles. The van der Waals surface area contributed by atoms with Gasteiger partial charge < -0.3 is 19.3 Å². The predicted molar refractivity (Wildman–Crippen MR) is 178 cm³/mol. The van der Waals surface area contributed by atoms with Gasteiger partial charge in [0, 0.05) is 49.4 Å². The van der Waals surface area contributed by atoms with E-state index in [9.17, 15) is 9.59 Å². The van der Waals surface area contributed by atoms with Crippen molar-refractivity contribution in [2.45, 2.75) is 90.5 Å². The number of nitrogens with zero attached hydrogens (tertiary/aromatic N) is 5. The number of hydrogen-bond acceptors (Lipinski definition) is 6. The summed E-state index contributed by atoms with van der Waals surface area (Å²) in [4.78, 5) is 33.5. The summed E-state index contributed by atoms with van der Waals surface area (Å²) in [5, 5.41) is 5.40. The number of carbonyl (C=O) groups excluding carboxylic acids is 2. The van der Waals surface area contributed by atoms with Crippen LogP contribution in [0.4, 0.5) is 4.79 Å². The highest BCUT2D eigenvalue weighted by Crippen LogP contribution is 2.47. The van der Waals surface area contributed by atoms with Crippen LogP contribution in [0.25, 0.3) is 0 Å². The Kier molecular flexibility index (Phi) is 11.9. The van der Waals surface area contributed by atoms with Crippen molar-refractivity contribution in [3.63, 3.8) is 0 Å². The minimum Gasteiger partial charge on any atom is -0.501 e. The van der Waals surface area contributed by atoms with Crippen LogP contribution in [0.3, 0.4) is 0 Å². The number of methoxy groups -OCH3 is 2. The van der Waals surface area contributed by atoms with Crippen molar-refractivity contribution in [3.8, 4) is 0 Å². The number of allylic oxidation sites excluding steroid dienone is 3. The van der Waals surface area contributed by atoms with Gasteiger partial charge in [0.15, 0.2) is 0 Å². The van der Waals surface area contributed by atoms with Crippen LogP contribution >= 0.6 is 11.8 Å². The Morgan fingerprint density at radius 2 is 1.86 bits per heavy atom. The molecule has 1 spiro atoms. The average molecular weight is 628 g/mol. The molecule has 0 radical (unpaired) electrons. The number of fused-ring (bicyclic) bond motifs is 2. The molecule has 4 heterocycles. The summed E-state index contributed by atoms with van der Waals surface area (Å²) in [7, 11) is 5.21. The monoisotopic (exact) mass is 627 g/mol. The maximum atomic E-state index is 14.0. The summed E-state index contributed by atoms with van der Waals surface area (Å²) in [6, 6.07) is 0.00331. The highest BCUT2D eigenvalue weighted by molar-refractivity contribution is 8.00. The molecule has 10 heteroatoms. The van der Waals surface area contributed by atoms with E-state index in [2.05, 4.69) is 31.6 Å². The first-order valence-electron chi connectivity index (χ1n) is 15.9. The number of thioether (sulfide) groups is 1. The van der Waals surface area contributed by atoms with E-state index < -0.39 is 5.54 Å². The lowest BCUT2D eigenvalue weighted by Gasteiger charge is -2.44. The molecule has 244 valence electrons. The lowest BCUT2D eigenvalue weighted by Crippen LogP contribution is -2.55. The molecule has 9 nitrogen and oxygen atoms in total. The van der Waals surface area contributed by atoms with E-state index in [0.717, 1.165) is 39.7 Å². The minimum absolute atomic E-state index is 0.00331. The fraction of sp³-hybridized carbons (Fsp3) is 0.618. The van der Waals surface area contributed by atoms with E-state index >= 15 is 0 Å². The van der Waals surface area contributed by atoms with E-state index in [1.807, 2.05) is 74.0 Å². The molecule has 2 fully saturated rings.